The second kappa shape index (κ2) is 7.99. The monoisotopic (exact) mass is 273 g/mol. The zero-order valence-electron chi connectivity index (χ0n) is 12.6. The van der Waals surface area contributed by atoms with Crippen molar-refractivity contribution < 1.29 is 14.7 Å². The van der Waals surface area contributed by atoms with Crippen LogP contribution >= 0.6 is 0 Å². The molecule has 0 saturated heterocycles. The van der Waals surface area contributed by atoms with Crippen molar-refractivity contribution in [1.82, 2.24) is 4.90 Å². The Morgan fingerprint density at radius 1 is 1.42 bits per heavy atom. The van der Waals surface area contributed by atoms with Gasteiger partial charge in [0, 0.05) is 19.7 Å². The first-order valence-electron chi connectivity index (χ1n) is 6.64. The topological polar surface area (TPSA) is 88.2 Å². The van der Waals surface area contributed by atoms with Gasteiger partial charge in [-0.25, -0.2) is 0 Å². The predicted octanol–water partition coefficient (Wildman–Crippen LogP) is 1.42. The number of amidine groups is 1. The second-order valence-corrected chi connectivity index (χ2v) is 5.07. The Bertz CT molecular complexity index is 312. The van der Waals surface area contributed by atoms with Crippen molar-refractivity contribution in [2.75, 3.05) is 20.3 Å². The quantitative estimate of drug-likeness (QED) is 0.303. The Morgan fingerprint density at radius 2 is 1.95 bits per heavy atom. The summed E-state index contributed by atoms with van der Waals surface area (Å²) in [6, 6.07) is 0.133. The molecule has 3 N–H and O–H groups in total. The highest BCUT2D eigenvalue weighted by Crippen LogP contribution is 2.22. The van der Waals surface area contributed by atoms with E-state index in [0.29, 0.717) is 13.2 Å². The highest BCUT2D eigenvalue weighted by molar-refractivity contribution is 6.05. The summed E-state index contributed by atoms with van der Waals surface area (Å²) in [6.45, 7) is 8.37. The minimum Gasteiger partial charge on any atom is -0.409 e. The van der Waals surface area contributed by atoms with Crippen molar-refractivity contribution in [2.45, 2.75) is 46.6 Å². The second-order valence-electron chi connectivity index (χ2n) is 5.07. The van der Waals surface area contributed by atoms with E-state index in [0.717, 1.165) is 12.8 Å². The molecule has 0 unspecified atom stereocenters. The standard InChI is InChI=1S/C13H27N3O3/c1-6-10(7-2)16(8-9-19-5)12(17)13(3,4)11(14)15-18/h10,18H,6-9H2,1-5H3,(H2,14,15). The van der Waals surface area contributed by atoms with Crippen molar-refractivity contribution in [3.05, 3.63) is 0 Å². The maximum atomic E-state index is 12.6. The predicted molar refractivity (Wildman–Crippen MR) is 75.1 cm³/mol. The summed E-state index contributed by atoms with van der Waals surface area (Å²) in [4.78, 5) is 14.4. The molecule has 0 atom stereocenters. The molecule has 0 heterocycles. The van der Waals surface area contributed by atoms with Gasteiger partial charge < -0.3 is 20.6 Å². The molecule has 19 heavy (non-hydrogen) atoms. The number of oxime groups is 1. The maximum Gasteiger partial charge on any atom is 0.236 e. The van der Waals surface area contributed by atoms with Crippen LogP contribution in [0.4, 0.5) is 0 Å². The van der Waals surface area contributed by atoms with Crippen LogP contribution in [0.15, 0.2) is 5.16 Å². The van der Waals surface area contributed by atoms with Crippen LogP contribution < -0.4 is 5.73 Å². The molecule has 6 heteroatoms. The molecule has 0 spiro atoms. The summed E-state index contributed by atoms with van der Waals surface area (Å²) in [7, 11) is 1.60. The number of methoxy groups -OCH3 is 1. The van der Waals surface area contributed by atoms with E-state index in [4.69, 9.17) is 15.7 Å². The molecule has 112 valence electrons. The fourth-order valence-corrected chi connectivity index (χ4v) is 1.96. The highest BCUT2D eigenvalue weighted by Gasteiger charge is 2.38. The normalized spacial score (nSPS) is 12.8. The molecule has 0 aliphatic carbocycles. The van der Waals surface area contributed by atoms with Crippen LogP contribution in [0.5, 0.6) is 0 Å². The molecule has 0 aromatic carbocycles. The van der Waals surface area contributed by atoms with Crippen molar-refractivity contribution >= 4 is 11.7 Å². The van der Waals surface area contributed by atoms with Gasteiger partial charge in [-0.1, -0.05) is 19.0 Å². The Balaban J connectivity index is 5.19. The Labute approximate surface area is 115 Å². The summed E-state index contributed by atoms with van der Waals surface area (Å²) in [5.41, 5.74) is 4.60. The highest BCUT2D eigenvalue weighted by atomic mass is 16.5. The van der Waals surface area contributed by atoms with Gasteiger partial charge in [-0.3, -0.25) is 4.79 Å². The molecule has 1 amide bonds. The zero-order valence-corrected chi connectivity index (χ0v) is 12.6. The molecule has 0 saturated carbocycles. The van der Waals surface area contributed by atoms with E-state index in [-0.39, 0.29) is 17.8 Å². The van der Waals surface area contributed by atoms with E-state index < -0.39 is 5.41 Å². The third-order valence-electron chi connectivity index (χ3n) is 3.46. The molecule has 0 bridgehead atoms. The molecule has 0 aromatic rings. The summed E-state index contributed by atoms with van der Waals surface area (Å²) >= 11 is 0. The average molecular weight is 273 g/mol. The van der Waals surface area contributed by atoms with E-state index in [2.05, 4.69) is 5.16 Å². The Hall–Kier alpha value is -1.30. The first kappa shape index (κ1) is 17.7. The van der Waals surface area contributed by atoms with E-state index in [1.165, 1.54) is 0 Å². The molecule has 0 rings (SSSR count). The van der Waals surface area contributed by atoms with Crippen LogP contribution in [-0.2, 0) is 9.53 Å². The Kier molecular flexibility index (Phi) is 7.44. The van der Waals surface area contributed by atoms with Crippen molar-refractivity contribution in [3.8, 4) is 0 Å². The van der Waals surface area contributed by atoms with Gasteiger partial charge in [-0.05, 0) is 26.7 Å². The smallest absolute Gasteiger partial charge is 0.236 e. The van der Waals surface area contributed by atoms with E-state index >= 15 is 0 Å². The number of rotatable bonds is 8. The molecular formula is C13H27N3O3. The van der Waals surface area contributed by atoms with Crippen molar-refractivity contribution in [2.24, 2.45) is 16.3 Å². The summed E-state index contributed by atoms with van der Waals surface area (Å²) in [6.07, 6.45) is 1.72. The molecule has 6 nitrogen and oxygen atoms in total. The molecule has 0 fully saturated rings. The fraction of sp³-hybridized carbons (Fsp3) is 0.846. The lowest BCUT2D eigenvalue weighted by Gasteiger charge is -2.36. The number of hydrogen-bond acceptors (Lipinski definition) is 4. The van der Waals surface area contributed by atoms with Gasteiger partial charge in [-0.2, -0.15) is 0 Å². The lowest BCUT2D eigenvalue weighted by Crippen LogP contribution is -2.52. The number of amides is 1. The van der Waals surface area contributed by atoms with Crippen LogP contribution in [0, 0.1) is 5.41 Å². The lowest BCUT2D eigenvalue weighted by molar-refractivity contribution is -0.140. The van der Waals surface area contributed by atoms with Crippen LogP contribution in [0.1, 0.15) is 40.5 Å². The number of hydrogen-bond donors (Lipinski definition) is 2. The van der Waals surface area contributed by atoms with Crippen LogP contribution in [0.3, 0.4) is 0 Å². The van der Waals surface area contributed by atoms with Gasteiger partial charge in [0.05, 0.1) is 6.61 Å². The fourth-order valence-electron chi connectivity index (χ4n) is 1.96. The largest absolute Gasteiger partial charge is 0.409 e. The minimum absolute atomic E-state index is 0.0779. The Morgan fingerprint density at radius 3 is 2.32 bits per heavy atom. The van der Waals surface area contributed by atoms with Gasteiger partial charge in [0.25, 0.3) is 0 Å². The minimum atomic E-state index is -1.02. The number of ether oxygens (including phenoxy) is 1. The van der Waals surface area contributed by atoms with E-state index in [1.54, 1.807) is 25.9 Å². The first-order chi connectivity index (χ1) is 8.86. The lowest BCUT2D eigenvalue weighted by atomic mass is 9.89. The van der Waals surface area contributed by atoms with E-state index in [1.807, 2.05) is 13.8 Å². The average Bonchev–Trinajstić information content (AvgIpc) is 2.41. The van der Waals surface area contributed by atoms with Crippen molar-refractivity contribution in [3.63, 3.8) is 0 Å². The number of carbonyl (C=O) groups excluding carboxylic acids is 1. The number of nitrogens with two attached hydrogens (primary N) is 1. The molecule has 0 radical (unpaired) electrons. The number of carbonyl (C=O) groups is 1. The number of nitrogens with zero attached hydrogens (tertiary/aromatic N) is 2. The third-order valence-corrected chi connectivity index (χ3v) is 3.46. The van der Waals surface area contributed by atoms with Crippen LogP contribution in [0.2, 0.25) is 0 Å². The van der Waals surface area contributed by atoms with Crippen LogP contribution in [0.25, 0.3) is 0 Å². The summed E-state index contributed by atoms with van der Waals surface area (Å²) in [5, 5.41) is 11.8. The molecular weight excluding hydrogens is 246 g/mol. The summed E-state index contributed by atoms with van der Waals surface area (Å²) < 4.78 is 5.06. The molecule has 0 aliphatic rings. The van der Waals surface area contributed by atoms with Gasteiger partial charge in [0.15, 0.2) is 5.84 Å². The molecule has 0 aromatic heterocycles. The first-order valence-corrected chi connectivity index (χ1v) is 6.64. The van der Waals surface area contributed by atoms with E-state index in [9.17, 15) is 4.79 Å². The molecule has 0 aliphatic heterocycles. The van der Waals surface area contributed by atoms with Gasteiger partial charge in [0.1, 0.15) is 5.41 Å². The van der Waals surface area contributed by atoms with Gasteiger partial charge in [0.2, 0.25) is 5.91 Å². The van der Waals surface area contributed by atoms with Crippen LogP contribution in [-0.4, -0.2) is 48.2 Å². The third kappa shape index (κ3) is 4.38. The maximum absolute atomic E-state index is 12.6. The van der Waals surface area contributed by atoms with Crippen molar-refractivity contribution in [1.29, 1.82) is 0 Å². The SMILES string of the molecule is CCC(CC)N(CCOC)C(=O)C(C)(C)C(N)=NO. The van der Waals surface area contributed by atoms with Gasteiger partial charge >= 0.3 is 0 Å². The zero-order chi connectivity index (χ0) is 15.1. The van der Waals surface area contributed by atoms with Gasteiger partial charge in [-0.15, -0.1) is 0 Å². The summed E-state index contributed by atoms with van der Waals surface area (Å²) in [5.74, 6) is -0.223.